The Hall–Kier alpha value is -3.41. The van der Waals surface area contributed by atoms with E-state index in [-0.39, 0.29) is 47.9 Å². The van der Waals surface area contributed by atoms with Crippen LogP contribution in [0.2, 0.25) is 0 Å². The third-order valence-electron chi connectivity index (χ3n) is 6.72. The van der Waals surface area contributed by atoms with E-state index >= 15 is 0 Å². The lowest BCUT2D eigenvalue weighted by molar-refractivity contribution is -0.123. The van der Waals surface area contributed by atoms with E-state index in [1.165, 1.54) is 10.5 Å². The summed E-state index contributed by atoms with van der Waals surface area (Å²) in [5.74, 6) is 0.433. The topological polar surface area (TPSA) is 72.9 Å². The third kappa shape index (κ3) is 3.14. The van der Waals surface area contributed by atoms with Gasteiger partial charge in [-0.3, -0.25) is 14.4 Å². The zero-order valence-corrected chi connectivity index (χ0v) is 17.4. The lowest BCUT2D eigenvalue weighted by Crippen LogP contribution is -2.32. The Morgan fingerprint density at radius 1 is 1.03 bits per heavy atom. The van der Waals surface area contributed by atoms with E-state index in [0.717, 1.165) is 6.42 Å². The minimum atomic E-state index is -0.250. The van der Waals surface area contributed by atoms with Crippen LogP contribution in [0.15, 0.2) is 60.2 Å². The van der Waals surface area contributed by atoms with Crippen LogP contribution in [0.3, 0.4) is 0 Å². The van der Waals surface area contributed by atoms with Crippen molar-refractivity contribution in [3.8, 4) is 11.5 Å². The molecule has 158 valence electrons. The first-order valence-electron chi connectivity index (χ1n) is 10.4. The number of hydrogen-bond donors (Lipinski definition) is 0. The number of hydrogen-bond acceptors (Lipinski definition) is 5. The van der Waals surface area contributed by atoms with E-state index in [0.29, 0.717) is 22.7 Å². The van der Waals surface area contributed by atoms with Gasteiger partial charge in [0, 0.05) is 11.6 Å². The van der Waals surface area contributed by atoms with Crippen LogP contribution in [0, 0.1) is 23.7 Å². The van der Waals surface area contributed by atoms with Gasteiger partial charge in [0.05, 0.1) is 24.6 Å². The van der Waals surface area contributed by atoms with E-state index in [2.05, 4.69) is 13.0 Å². The molecule has 3 aliphatic rings. The Kier molecular flexibility index (Phi) is 4.65. The predicted octanol–water partition coefficient (Wildman–Crippen LogP) is 3.66. The average molecular weight is 417 g/mol. The second kappa shape index (κ2) is 7.38. The van der Waals surface area contributed by atoms with Crippen LogP contribution in [-0.4, -0.2) is 31.3 Å². The molecule has 6 heteroatoms. The summed E-state index contributed by atoms with van der Waals surface area (Å²) in [6.07, 6.45) is 3.06. The number of nitrogens with zero attached hydrogens (tertiary/aromatic N) is 1. The highest BCUT2D eigenvalue weighted by Crippen LogP contribution is 2.55. The summed E-state index contributed by atoms with van der Waals surface area (Å²) in [5.41, 5.74) is 2.21. The summed E-state index contributed by atoms with van der Waals surface area (Å²) in [5, 5.41) is 0. The number of benzene rings is 2. The molecule has 2 aromatic rings. The molecule has 2 amide bonds. The number of carbonyl (C=O) groups excluding carboxylic acids is 3. The average Bonchev–Trinajstić information content (AvgIpc) is 3.42. The molecule has 0 unspecified atom stereocenters. The summed E-state index contributed by atoms with van der Waals surface area (Å²) in [4.78, 5) is 40.0. The predicted molar refractivity (Wildman–Crippen MR) is 114 cm³/mol. The molecule has 2 aromatic carbocycles. The van der Waals surface area contributed by atoms with Gasteiger partial charge in [-0.15, -0.1) is 0 Å². The standard InChI is InChI=1S/C25H23NO5/c1-14-9-16-11-20(14)23-22(16)24(28)26(25(23)29)17-6-4-8-19(12-17)31-13-21(27)15-5-3-7-18(10-15)30-2/h3-10,12,16,20,22-23H,11,13H2,1-2H3/t16-,20-,22-,23+/m1/s1. The number of carbonyl (C=O) groups is 3. The fraction of sp³-hybridized carbons (Fsp3) is 0.320. The van der Waals surface area contributed by atoms with Crippen LogP contribution in [0.1, 0.15) is 23.7 Å². The normalized spacial score (nSPS) is 26.1. The molecular formula is C25H23NO5. The van der Waals surface area contributed by atoms with Crippen LogP contribution in [0.25, 0.3) is 0 Å². The lowest BCUT2D eigenvalue weighted by atomic mass is 9.82. The number of anilines is 1. The molecule has 31 heavy (non-hydrogen) atoms. The van der Waals surface area contributed by atoms with Crippen molar-refractivity contribution in [3.05, 3.63) is 65.7 Å². The van der Waals surface area contributed by atoms with Crippen molar-refractivity contribution >= 4 is 23.3 Å². The molecule has 4 atom stereocenters. The first kappa shape index (κ1) is 19.5. The minimum absolute atomic E-state index is 0.125. The van der Waals surface area contributed by atoms with Gasteiger partial charge >= 0.3 is 0 Å². The molecule has 2 fully saturated rings. The number of allylic oxidation sites excluding steroid dienone is 2. The third-order valence-corrected chi connectivity index (χ3v) is 6.72. The molecule has 1 saturated carbocycles. The number of ketones is 1. The van der Waals surface area contributed by atoms with E-state index in [1.807, 2.05) is 0 Å². The maximum absolute atomic E-state index is 13.1. The van der Waals surface area contributed by atoms with Crippen molar-refractivity contribution < 1.29 is 23.9 Å². The van der Waals surface area contributed by atoms with Gasteiger partial charge in [-0.25, -0.2) is 4.90 Å². The fourth-order valence-electron chi connectivity index (χ4n) is 5.27. The number of Topliss-reactive ketones (excluding diaryl/α,β-unsaturated/α-hetero) is 1. The van der Waals surface area contributed by atoms with Crippen LogP contribution in [0.5, 0.6) is 11.5 Å². The molecule has 1 aliphatic heterocycles. The molecule has 2 bridgehead atoms. The molecule has 0 N–H and O–H groups in total. The maximum atomic E-state index is 13.1. The van der Waals surface area contributed by atoms with Crippen LogP contribution in [-0.2, 0) is 9.59 Å². The van der Waals surface area contributed by atoms with Gasteiger partial charge in [-0.05, 0) is 49.4 Å². The summed E-state index contributed by atoms with van der Waals surface area (Å²) in [6.45, 7) is 1.89. The van der Waals surface area contributed by atoms with Crippen LogP contribution in [0.4, 0.5) is 5.69 Å². The number of imide groups is 1. The van der Waals surface area contributed by atoms with Crippen LogP contribution >= 0.6 is 0 Å². The second-order valence-electron chi connectivity index (χ2n) is 8.42. The van der Waals surface area contributed by atoms with Crippen molar-refractivity contribution in [1.29, 1.82) is 0 Å². The maximum Gasteiger partial charge on any atom is 0.238 e. The molecule has 2 aliphatic carbocycles. The van der Waals surface area contributed by atoms with E-state index in [4.69, 9.17) is 9.47 Å². The van der Waals surface area contributed by atoms with Gasteiger partial charge in [-0.2, -0.15) is 0 Å². The Labute approximate surface area is 180 Å². The summed E-state index contributed by atoms with van der Waals surface area (Å²) < 4.78 is 10.8. The monoisotopic (exact) mass is 417 g/mol. The molecular weight excluding hydrogens is 394 g/mol. The van der Waals surface area contributed by atoms with Crippen molar-refractivity contribution in [1.82, 2.24) is 0 Å². The van der Waals surface area contributed by atoms with Gasteiger partial charge in [0.25, 0.3) is 0 Å². The quantitative estimate of drug-likeness (QED) is 0.407. The molecule has 0 spiro atoms. The Balaban J connectivity index is 1.31. The molecule has 1 saturated heterocycles. The van der Waals surface area contributed by atoms with Gasteiger partial charge in [0.2, 0.25) is 11.8 Å². The first-order chi connectivity index (χ1) is 15.0. The number of rotatable bonds is 6. The van der Waals surface area contributed by atoms with Crippen molar-refractivity contribution in [2.24, 2.45) is 23.7 Å². The fourth-order valence-corrected chi connectivity index (χ4v) is 5.27. The number of amides is 2. The smallest absolute Gasteiger partial charge is 0.238 e. The Morgan fingerprint density at radius 3 is 2.58 bits per heavy atom. The Bertz CT molecular complexity index is 1120. The number of fused-ring (bicyclic) bond motifs is 5. The molecule has 6 nitrogen and oxygen atoms in total. The van der Waals surface area contributed by atoms with Gasteiger partial charge in [0.15, 0.2) is 12.4 Å². The molecule has 0 radical (unpaired) electrons. The molecule has 5 rings (SSSR count). The van der Waals surface area contributed by atoms with Crippen molar-refractivity contribution in [2.45, 2.75) is 13.3 Å². The van der Waals surface area contributed by atoms with Crippen LogP contribution < -0.4 is 14.4 Å². The first-order valence-corrected chi connectivity index (χ1v) is 10.4. The Morgan fingerprint density at radius 2 is 1.77 bits per heavy atom. The van der Waals surface area contributed by atoms with E-state index < -0.39 is 0 Å². The second-order valence-corrected chi connectivity index (χ2v) is 8.42. The highest BCUT2D eigenvalue weighted by atomic mass is 16.5. The summed E-state index contributed by atoms with van der Waals surface area (Å²) in [7, 11) is 1.55. The summed E-state index contributed by atoms with van der Waals surface area (Å²) in [6, 6.07) is 13.7. The highest BCUT2D eigenvalue weighted by Gasteiger charge is 2.60. The van der Waals surface area contributed by atoms with E-state index in [9.17, 15) is 14.4 Å². The van der Waals surface area contributed by atoms with Gasteiger partial charge in [-0.1, -0.05) is 29.8 Å². The largest absolute Gasteiger partial charge is 0.497 e. The molecule has 0 aromatic heterocycles. The SMILES string of the molecule is COc1cccc(C(=O)COc2cccc(N3C(=O)[C@@H]4[C@H](C3=O)[C@@H]3C=C(C)[C@H]4C3)c2)c1. The minimum Gasteiger partial charge on any atom is -0.497 e. The van der Waals surface area contributed by atoms with Gasteiger partial charge < -0.3 is 9.47 Å². The zero-order valence-electron chi connectivity index (χ0n) is 17.4. The van der Waals surface area contributed by atoms with Crippen molar-refractivity contribution in [3.63, 3.8) is 0 Å². The lowest BCUT2D eigenvalue weighted by Gasteiger charge is -2.19. The highest BCUT2D eigenvalue weighted by molar-refractivity contribution is 6.23. The summed E-state index contributed by atoms with van der Waals surface area (Å²) >= 11 is 0. The van der Waals surface area contributed by atoms with E-state index in [1.54, 1.807) is 55.6 Å². The van der Waals surface area contributed by atoms with Crippen molar-refractivity contribution in [2.75, 3.05) is 18.6 Å². The van der Waals surface area contributed by atoms with Gasteiger partial charge in [0.1, 0.15) is 11.5 Å². The molecule has 1 heterocycles. The number of ether oxygens (including phenoxy) is 2. The number of methoxy groups -OCH3 is 1. The zero-order chi connectivity index (χ0) is 21.7.